The fraction of sp³-hybridized carbons (Fsp3) is 0.118. The Morgan fingerprint density at radius 2 is 1.48 bits per heavy atom. The van der Waals surface area contributed by atoms with Crippen LogP contribution in [0.1, 0.15) is 11.6 Å². The molecule has 2 atom stereocenters. The lowest BCUT2D eigenvalue weighted by Gasteiger charge is -2.23. The van der Waals surface area contributed by atoms with Crippen molar-refractivity contribution in [2.75, 3.05) is 4.90 Å². The molecule has 0 radical (unpaired) electrons. The molecule has 2 unspecified atom stereocenters. The van der Waals surface area contributed by atoms with Crippen LogP contribution in [-0.2, 0) is 9.59 Å². The van der Waals surface area contributed by atoms with Crippen LogP contribution in [0.3, 0.4) is 0 Å². The molecule has 3 rings (SSSR count). The van der Waals surface area contributed by atoms with E-state index in [0.717, 1.165) is 5.56 Å². The Labute approximate surface area is 122 Å². The second kappa shape index (κ2) is 5.22. The van der Waals surface area contributed by atoms with Crippen molar-refractivity contribution >= 4 is 17.4 Å². The van der Waals surface area contributed by atoms with Crippen molar-refractivity contribution in [3.63, 3.8) is 0 Å². The Morgan fingerprint density at radius 3 is 2.05 bits per heavy atom. The highest BCUT2D eigenvalue weighted by Crippen LogP contribution is 2.36. The lowest BCUT2D eigenvalue weighted by Crippen LogP contribution is -2.29. The fourth-order valence-corrected chi connectivity index (χ4v) is 2.61. The Morgan fingerprint density at radius 1 is 0.905 bits per heavy atom. The van der Waals surface area contributed by atoms with Crippen LogP contribution in [0.5, 0.6) is 0 Å². The smallest absolute Gasteiger partial charge is 0.253 e. The third kappa shape index (κ3) is 2.09. The molecule has 1 amide bonds. The molecule has 4 nitrogen and oxygen atoms in total. The summed E-state index contributed by atoms with van der Waals surface area (Å²) in [4.78, 5) is 26.3. The minimum Gasteiger partial charge on any atom is -0.296 e. The zero-order valence-electron chi connectivity index (χ0n) is 11.1. The highest BCUT2D eigenvalue weighted by Gasteiger charge is 2.48. The van der Waals surface area contributed by atoms with Crippen molar-refractivity contribution in [1.82, 2.24) is 0 Å². The number of Topliss-reactive ketones (excluding diaryl/α,β-unsaturated/α-hetero) is 1. The predicted octanol–water partition coefficient (Wildman–Crippen LogP) is 2.48. The van der Waals surface area contributed by atoms with Gasteiger partial charge in [0, 0.05) is 5.69 Å². The number of amides is 1. The number of nitriles is 1. The minimum atomic E-state index is -1.23. The summed E-state index contributed by atoms with van der Waals surface area (Å²) in [5.74, 6) is -2.05. The quantitative estimate of drug-likeness (QED) is 0.792. The number of carbonyl (C=O) groups excluding carboxylic acids is 2. The Kier molecular flexibility index (Phi) is 3.25. The van der Waals surface area contributed by atoms with Crippen molar-refractivity contribution in [1.29, 1.82) is 5.26 Å². The molecule has 0 aromatic heterocycles. The van der Waals surface area contributed by atoms with Gasteiger partial charge in [0.1, 0.15) is 6.04 Å². The number of rotatable bonds is 2. The molecule has 1 aliphatic rings. The lowest BCUT2D eigenvalue weighted by atomic mass is 9.99. The van der Waals surface area contributed by atoms with Gasteiger partial charge in [-0.15, -0.1) is 0 Å². The number of benzene rings is 2. The van der Waals surface area contributed by atoms with E-state index in [-0.39, 0.29) is 5.78 Å². The summed E-state index contributed by atoms with van der Waals surface area (Å²) in [6.45, 7) is 0. The number of nitrogens with zero attached hydrogens (tertiary/aromatic N) is 2. The van der Waals surface area contributed by atoms with Gasteiger partial charge in [-0.2, -0.15) is 5.26 Å². The summed E-state index contributed by atoms with van der Waals surface area (Å²) in [5, 5.41) is 9.12. The molecule has 21 heavy (non-hydrogen) atoms. The van der Waals surface area contributed by atoms with Gasteiger partial charge in [0.25, 0.3) is 5.91 Å². The molecule has 102 valence electrons. The van der Waals surface area contributed by atoms with Gasteiger partial charge < -0.3 is 0 Å². The maximum Gasteiger partial charge on any atom is 0.253 e. The molecule has 1 aliphatic heterocycles. The van der Waals surface area contributed by atoms with Gasteiger partial charge in [-0.1, -0.05) is 48.5 Å². The van der Waals surface area contributed by atoms with Crippen LogP contribution in [0, 0.1) is 17.2 Å². The van der Waals surface area contributed by atoms with Crippen molar-refractivity contribution in [3.05, 3.63) is 66.2 Å². The molecule has 0 bridgehead atoms. The Balaban J connectivity index is 2.13. The zero-order chi connectivity index (χ0) is 14.8. The molecule has 1 saturated heterocycles. The zero-order valence-corrected chi connectivity index (χ0v) is 11.1. The number of ketones is 1. The van der Waals surface area contributed by atoms with Crippen LogP contribution >= 0.6 is 0 Å². The minimum absolute atomic E-state index is 0.363. The summed E-state index contributed by atoms with van der Waals surface area (Å²) in [7, 11) is 0. The first-order chi connectivity index (χ1) is 10.2. The second-order valence-corrected chi connectivity index (χ2v) is 4.82. The second-order valence-electron chi connectivity index (χ2n) is 4.82. The van der Waals surface area contributed by atoms with E-state index in [1.165, 1.54) is 4.90 Å². The summed E-state index contributed by atoms with van der Waals surface area (Å²) < 4.78 is 0. The number of anilines is 1. The highest BCUT2D eigenvalue weighted by atomic mass is 16.2. The summed E-state index contributed by atoms with van der Waals surface area (Å²) >= 11 is 0. The molecule has 2 aromatic rings. The lowest BCUT2D eigenvalue weighted by molar-refractivity contribution is -0.125. The van der Waals surface area contributed by atoms with Crippen molar-refractivity contribution in [2.45, 2.75) is 6.04 Å². The van der Waals surface area contributed by atoms with E-state index in [1.54, 1.807) is 36.4 Å². The standard InChI is InChI=1S/C17H12N2O2/c18-11-14-16(20)15(12-7-3-1-4-8-12)19(17(14)21)13-9-5-2-6-10-13/h1-10,14-15H. The average Bonchev–Trinajstić information content (AvgIpc) is 2.79. The largest absolute Gasteiger partial charge is 0.296 e. The van der Waals surface area contributed by atoms with Crippen molar-refractivity contribution in [3.8, 4) is 6.07 Å². The topological polar surface area (TPSA) is 61.2 Å². The van der Waals surface area contributed by atoms with Crippen LogP contribution in [0.15, 0.2) is 60.7 Å². The van der Waals surface area contributed by atoms with Gasteiger partial charge in [-0.25, -0.2) is 0 Å². The highest BCUT2D eigenvalue weighted by molar-refractivity contribution is 6.21. The van der Waals surface area contributed by atoms with E-state index in [0.29, 0.717) is 5.69 Å². The van der Waals surface area contributed by atoms with Crippen LogP contribution in [-0.4, -0.2) is 11.7 Å². The summed E-state index contributed by atoms with van der Waals surface area (Å²) in [6, 6.07) is 19.1. The van der Waals surface area contributed by atoms with E-state index in [2.05, 4.69) is 0 Å². The monoisotopic (exact) mass is 276 g/mol. The molecule has 1 heterocycles. The number of hydrogen-bond donors (Lipinski definition) is 0. The van der Waals surface area contributed by atoms with E-state index >= 15 is 0 Å². The first kappa shape index (κ1) is 13.1. The van der Waals surface area contributed by atoms with E-state index in [1.807, 2.05) is 30.3 Å². The van der Waals surface area contributed by atoms with Crippen LogP contribution in [0.2, 0.25) is 0 Å². The average molecular weight is 276 g/mol. The Hall–Kier alpha value is -2.93. The van der Waals surface area contributed by atoms with E-state index in [4.69, 9.17) is 5.26 Å². The molecule has 0 aliphatic carbocycles. The molecule has 2 aromatic carbocycles. The Bertz CT molecular complexity index is 662. The number of para-hydroxylation sites is 1. The molecule has 0 N–H and O–H groups in total. The molecule has 1 fully saturated rings. The first-order valence-corrected chi connectivity index (χ1v) is 6.60. The van der Waals surface area contributed by atoms with Crippen molar-refractivity contribution in [2.24, 2.45) is 5.92 Å². The van der Waals surface area contributed by atoms with Crippen LogP contribution in [0.25, 0.3) is 0 Å². The summed E-state index contributed by atoms with van der Waals surface area (Å²) in [5.41, 5.74) is 1.35. The van der Waals surface area contributed by atoms with Gasteiger partial charge in [-0.05, 0) is 17.7 Å². The van der Waals surface area contributed by atoms with Gasteiger partial charge in [-0.3, -0.25) is 14.5 Å². The third-order valence-electron chi connectivity index (χ3n) is 3.58. The first-order valence-electron chi connectivity index (χ1n) is 6.60. The predicted molar refractivity (Wildman–Crippen MR) is 77.2 cm³/mol. The van der Waals surface area contributed by atoms with E-state index < -0.39 is 17.9 Å². The third-order valence-corrected chi connectivity index (χ3v) is 3.58. The van der Waals surface area contributed by atoms with E-state index in [9.17, 15) is 9.59 Å². The maximum atomic E-state index is 12.4. The van der Waals surface area contributed by atoms with Gasteiger partial charge >= 0.3 is 0 Å². The molecular formula is C17H12N2O2. The maximum absolute atomic E-state index is 12.4. The molecule has 0 spiro atoms. The van der Waals surface area contributed by atoms with Gasteiger partial charge in [0.15, 0.2) is 11.7 Å². The normalized spacial score (nSPS) is 21.4. The molecule has 0 saturated carbocycles. The SMILES string of the molecule is N#CC1C(=O)C(c2ccccc2)N(c2ccccc2)C1=O. The van der Waals surface area contributed by atoms with Gasteiger partial charge in [0.2, 0.25) is 0 Å². The van der Waals surface area contributed by atoms with Crippen molar-refractivity contribution < 1.29 is 9.59 Å². The number of hydrogen-bond acceptors (Lipinski definition) is 3. The molecular weight excluding hydrogens is 264 g/mol. The van der Waals surface area contributed by atoms with Gasteiger partial charge in [0.05, 0.1) is 6.07 Å². The van der Waals surface area contributed by atoms with Crippen LogP contribution in [0.4, 0.5) is 5.69 Å². The number of carbonyl (C=O) groups is 2. The van der Waals surface area contributed by atoms with Crippen LogP contribution < -0.4 is 4.90 Å². The molecule has 4 heteroatoms. The fourth-order valence-electron chi connectivity index (χ4n) is 2.61. The summed E-state index contributed by atoms with van der Waals surface area (Å²) in [6.07, 6.45) is 0.